The van der Waals surface area contributed by atoms with Crippen LogP contribution in [0.4, 0.5) is 5.69 Å². The number of hydrogen-bond donors (Lipinski definition) is 2. The van der Waals surface area contributed by atoms with Gasteiger partial charge in [-0.25, -0.2) is 0 Å². The van der Waals surface area contributed by atoms with Crippen LogP contribution in [0.2, 0.25) is 0 Å². The highest BCUT2D eigenvalue weighted by atomic mass is 32.1. The summed E-state index contributed by atoms with van der Waals surface area (Å²) in [7, 11) is 0. The molecule has 170 valence electrons. The fourth-order valence-corrected chi connectivity index (χ4v) is 4.32. The van der Waals surface area contributed by atoms with Gasteiger partial charge >= 0.3 is 0 Å². The lowest BCUT2D eigenvalue weighted by Gasteiger charge is -2.31. The lowest BCUT2D eigenvalue weighted by atomic mass is 9.93. The van der Waals surface area contributed by atoms with Crippen LogP contribution in [-0.4, -0.2) is 50.9 Å². The topological polar surface area (TPSA) is 117 Å². The Balaban J connectivity index is 1.23. The second-order valence-electron chi connectivity index (χ2n) is 7.77. The van der Waals surface area contributed by atoms with E-state index in [9.17, 15) is 14.4 Å². The normalized spacial score (nSPS) is 14.0. The highest BCUT2D eigenvalue weighted by Gasteiger charge is 2.27. The molecule has 33 heavy (non-hydrogen) atoms. The van der Waals surface area contributed by atoms with Gasteiger partial charge in [-0.3, -0.25) is 19.4 Å². The predicted molar refractivity (Wildman–Crippen MR) is 124 cm³/mol. The Hall–Kier alpha value is -3.66. The molecular weight excluding hydrogens is 440 g/mol. The van der Waals surface area contributed by atoms with E-state index in [0.29, 0.717) is 31.7 Å². The molecule has 2 N–H and O–H groups in total. The monoisotopic (exact) mass is 464 g/mol. The van der Waals surface area contributed by atoms with Crippen LogP contribution in [0.25, 0.3) is 0 Å². The number of aromatic nitrogens is 3. The number of nitrogens with zero attached hydrogens (tertiary/aromatic N) is 4. The van der Waals surface area contributed by atoms with Crippen molar-refractivity contribution in [3.8, 4) is 0 Å². The summed E-state index contributed by atoms with van der Waals surface area (Å²) >= 11 is 0.982. The molecule has 0 aliphatic carbocycles. The van der Waals surface area contributed by atoms with E-state index < -0.39 is 5.91 Å². The molecule has 9 nitrogen and oxygen atoms in total. The summed E-state index contributed by atoms with van der Waals surface area (Å²) in [6.07, 6.45) is 3.61. The van der Waals surface area contributed by atoms with Gasteiger partial charge in [0.15, 0.2) is 0 Å². The minimum absolute atomic E-state index is 0.0105. The molecule has 3 amide bonds. The lowest BCUT2D eigenvalue weighted by Crippen LogP contribution is -2.39. The second kappa shape index (κ2) is 10.8. The maximum Gasteiger partial charge on any atom is 0.286 e. The second-order valence-corrected chi connectivity index (χ2v) is 8.75. The molecule has 1 aromatic carbocycles. The Morgan fingerprint density at radius 3 is 2.42 bits per heavy atom. The molecule has 3 aromatic rings. The van der Waals surface area contributed by atoms with Crippen molar-refractivity contribution < 1.29 is 14.4 Å². The highest BCUT2D eigenvalue weighted by molar-refractivity contribution is 7.15. The zero-order valence-corrected chi connectivity index (χ0v) is 18.8. The van der Waals surface area contributed by atoms with Crippen molar-refractivity contribution >= 4 is 34.7 Å². The number of rotatable bonds is 7. The van der Waals surface area contributed by atoms with Gasteiger partial charge in [-0.15, -0.1) is 10.2 Å². The molecule has 3 heterocycles. The molecule has 0 unspecified atom stereocenters. The van der Waals surface area contributed by atoms with E-state index in [1.165, 1.54) is 0 Å². The first-order valence-corrected chi connectivity index (χ1v) is 11.6. The molecule has 0 saturated carbocycles. The van der Waals surface area contributed by atoms with Crippen LogP contribution >= 0.6 is 11.3 Å². The van der Waals surface area contributed by atoms with E-state index in [2.05, 4.69) is 25.8 Å². The number of anilines is 1. The number of likely N-dealkylation sites (tertiary alicyclic amines) is 1. The van der Waals surface area contributed by atoms with Crippen molar-refractivity contribution in [3.05, 3.63) is 70.4 Å². The summed E-state index contributed by atoms with van der Waals surface area (Å²) in [5, 5.41) is 13.8. The van der Waals surface area contributed by atoms with Crippen LogP contribution in [0.1, 0.15) is 44.6 Å². The van der Waals surface area contributed by atoms with Gasteiger partial charge in [-0.1, -0.05) is 35.6 Å². The number of hydrogen-bond acceptors (Lipinski definition) is 7. The summed E-state index contributed by atoms with van der Waals surface area (Å²) in [6, 6.07) is 14.6. The summed E-state index contributed by atoms with van der Waals surface area (Å²) in [5.41, 5.74) is 1.47. The van der Waals surface area contributed by atoms with Crippen molar-refractivity contribution in [2.24, 2.45) is 5.92 Å². The molecule has 1 aliphatic rings. The molecule has 0 spiro atoms. The Morgan fingerprint density at radius 1 is 0.970 bits per heavy atom. The minimum Gasteiger partial charge on any atom is -0.350 e. The predicted octanol–water partition coefficient (Wildman–Crippen LogP) is 2.74. The first-order chi connectivity index (χ1) is 16.1. The standard InChI is InChI=1S/C23H24N6O3S/c30-19(25-15-18-8-4-5-11-24-18)14-16-9-12-29(13-10-16)23(32)22-28-27-21(33-22)20(31)26-17-6-2-1-3-7-17/h1-8,11,16H,9-10,12-15H2,(H,25,30)(H,26,31). The van der Waals surface area contributed by atoms with Gasteiger partial charge < -0.3 is 15.5 Å². The van der Waals surface area contributed by atoms with Crippen LogP contribution in [0.5, 0.6) is 0 Å². The van der Waals surface area contributed by atoms with Gasteiger partial charge in [0, 0.05) is 31.4 Å². The number of nitrogens with one attached hydrogen (secondary N) is 2. The van der Waals surface area contributed by atoms with Crippen LogP contribution in [0.3, 0.4) is 0 Å². The van der Waals surface area contributed by atoms with Crippen LogP contribution in [-0.2, 0) is 11.3 Å². The van der Waals surface area contributed by atoms with E-state index >= 15 is 0 Å². The van der Waals surface area contributed by atoms with E-state index in [1.807, 2.05) is 36.4 Å². The highest BCUT2D eigenvalue weighted by Crippen LogP contribution is 2.23. The molecule has 2 aromatic heterocycles. The molecule has 1 saturated heterocycles. The molecule has 10 heteroatoms. The van der Waals surface area contributed by atoms with Gasteiger partial charge in [-0.2, -0.15) is 0 Å². The Bertz CT molecular complexity index is 1100. The van der Waals surface area contributed by atoms with E-state index in [1.54, 1.807) is 23.2 Å². The molecule has 1 fully saturated rings. The molecule has 4 rings (SSSR count). The van der Waals surface area contributed by atoms with Crippen LogP contribution in [0, 0.1) is 5.92 Å². The fraction of sp³-hybridized carbons (Fsp3) is 0.304. The summed E-state index contributed by atoms with van der Waals surface area (Å²) in [5.74, 6) is -0.416. The van der Waals surface area contributed by atoms with Crippen molar-refractivity contribution in [2.45, 2.75) is 25.8 Å². The maximum atomic E-state index is 12.8. The number of benzene rings is 1. The first kappa shape index (κ1) is 22.5. The third-order valence-electron chi connectivity index (χ3n) is 5.40. The third-order valence-corrected chi connectivity index (χ3v) is 6.31. The average Bonchev–Trinajstić information content (AvgIpc) is 3.35. The molecular formula is C23H24N6O3S. The largest absolute Gasteiger partial charge is 0.350 e. The van der Waals surface area contributed by atoms with Gasteiger partial charge in [0.1, 0.15) is 0 Å². The van der Waals surface area contributed by atoms with Gasteiger partial charge in [0.05, 0.1) is 12.2 Å². The first-order valence-electron chi connectivity index (χ1n) is 10.7. The number of piperidine rings is 1. The molecule has 0 atom stereocenters. The lowest BCUT2D eigenvalue weighted by molar-refractivity contribution is -0.122. The van der Waals surface area contributed by atoms with E-state index in [4.69, 9.17) is 0 Å². The number of carbonyl (C=O) groups is 3. The van der Waals surface area contributed by atoms with Crippen molar-refractivity contribution in [1.82, 2.24) is 25.4 Å². The van der Waals surface area contributed by atoms with Crippen molar-refractivity contribution in [2.75, 3.05) is 18.4 Å². The van der Waals surface area contributed by atoms with Gasteiger partial charge in [-0.05, 0) is 43.0 Å². The summed E-state index contributed by atoms with van der Waals surface area (Å²) < 4.78 is 0. The van der Waals surface area contributed by atoms with E-state index in [-0.39, 0.29) is 27.7 Å². The van der Waals surface area contributed by atoms with Crippen molar-refractivity contribution in [1.29, 1.82) is 0 Å². The zero-order chi connectivity index (χ0) is 23.0. The molecule has 0 bridgehead atoms. The SMILES string of the molecule is O=C(CC1CCN(C(=O)c2nnc(C(=O)Nc3ccccc3)s2)CC1)NCc1ccccn1. The van der Waals surface area contributed by atoms with Gasteiger partial charge in [0.25, 0.3) is 11.8 Å². The van der Waals surface area contributed by atoms with Gasteiger partial charge in [0.2, 0.25) is 15.9 Å². The number of para-hydroxylation sites is 1. The zero-order valence-electron chi connectivity index (χ0n) is 17.9. The maximum absolute atomic E-state index is 12.8. The van der Waals surface area contributed by atoms with E-state index in [0.717, 1.165) is 29.9 Å². The molecule has 0 radical (unpaired) electrons. The smallest absolute Gasteiger partial charge is 0.286 e. The van der Waals surface area contributed by atoms with Crippen molar-refractivity contribution in [3.63, 3.8) is 0 Å². The Kier molecular flexibility index (Phi) is 7.36. The van der Waals surface area contributed by atoms with Crippen LogP contribution < -0.4 is 10.6 Å². The van der Waals surface area contributed by atoms with Crippen LogP contribution in [0.15, 0.2) is 54.7 Å². The Morgan fingerprint density at radius 2 is 1.70 bits per heavy atom. The molecule has 1 aliphatic heterocycles. The Labute approximate surface area is 195 Å². The summed E-state index contributed by atoms with van der Waals surface area (Å²) in [6.45, 7) is 1.50. The fourth-order valence-electron chi connectivity index (χ4n) is 3.61. The quantitative estimate of drug-likeness (QED) is 0.555. The number of pyridine rings is 1. The number of amides is 3. The minimum atomic E-state index is -0.395. The third kappa shape index (κ3) is 6.19. The number of carbonyl (C=O) groups excluding carboxylic acids is 3. The summed E-state index contributed by atoms with van der Waals surface area (Å²) in [4.78, 5) is 43.3. The average molecular weight is 465 g/mol.